The van der Waals surface area contributed by atoms with Crippen molar-refractivity contribution in [2.45, 2.75) is 13.0 Å². The Morgan fingerprint density at radius 1 is 1.38 bits per heavy atom. The number of anilines is 1. The number of para-hydroxylation sites is 1. The van der Waals surface area contributed by atoms with Gasteiger partial charge in [0.25, 0.3) is 0 Å². The molecule has 0 spiro atoms. The predicted molar refractivity (Wildman–Crippen MR) is 76.0 cm³/mol. The molecule has 1 aliphatic heterocycles. The number of urea groups is 1. The van der Waals surface area contributed by atoms with E-state index in [-0.39, 0.29) is 19.0 Å². The van der Waals surface area contributed by atoms with Gasteiger partial charge in [-0.25, -0.2) is 9.59 Å². The second kappa shape index (κ2) is 6.25. The third kappa shape index (κ3) is 3.13. The van der Waals surface area contributed by atoms with Gasteiger partial charge in [-0.1, -0.05) is 18.2 Å². The van der Waals surface area contributed by atoms with E-state index in [1.165, 1.54) is 4.90 Å². The van der Waals surface area contributed by atoms with Crippen LogP contribution in [0.4, 0.5) is 10.5 Å². The van der Waals surface area contributed by atoms with Crippen LogP contribution < -0.4 is 10.2 Å². The molecule has 0 radical (unpaired) electrons. The summed E-state index contributed by atoms with van der Waals surface area (Å²) >= 11 is 0. The predicted octanol–water partition coefficient (Wildman–Crippen LogP) is 0.518. The van der Waals surface area contributed by atoms with Crippen LogP contribution in [0.1, 0.15) is 6.92 Å². The Kier molecular flexibility index (Phi) is 4.42. The number of carboxylic acid groups (broad SMARTS) is 1. The Morgan fingerprint density at radius 3 is 2.62 bits per heavy atom. The van der Waals surface area contributed by atoms with Gasteiger partial charge in [-0.2, -0.15) is 0 Å². The van der Waals surface area contributed by atoms with Gasteiger partial charge in [-0.3, -0.25) is 14.6 Å². The average Bonchev–Trinajstić information content (AvgIpc) is 2.48. The minimum atomic E-state index is -1.13. The molecule has 0 bridgehead atoms. The lowest BCUT2D eigenvalue weighted by atomic mass is 10.2. The zero-order chi connectivity index (χ0) is 15.4. The molecule has 3 amide bonds. The molecule has 1 heterocycles. The van der Waals surface area contributed by atoms with Crippen molar-refractivity contribution in [1.29, 1.82) is 0 Å². The van der Waals surface area contributed by atoms with Gasteiger partial charge in [0.15, 0.2) is 0 Å². The van der Waals surface area contributed by atoms with Crippen LogP contribution in [-0.4, -0.2) is 53.6 Å². The van der Waals surface area contributed by atoms with E-state index in [4.69, 9.17) is 0 Å². The molecule has 1 fully saturated rings. The number of piperazine rings is 1. The Morgan fingerprint density at radius 2 is 2.05 bits per heavy atom. The highest BCUT2D eigenvalue weighted by Gasteiger charge is 2.37. The Bertz CT molecular complexity index is 546. The summed E-state index contributed by atoms with van der Waals surface area (Å²) in [5, 5.41) is 11.7. The summed E-state index contributed by atoms with van der Waals surface area (Å²) in [5.74, 6) is -1.49. The number of carbonyl (C=O) groups excluding carboxylic acids is 2. The van der Waals surface area contributed by atoms with Gasteiger partial charge in [0.05, 0.1) is 0 Å². The van der Waals surface area contributed by atoms with Crippen molar-refractivity contribution in [3.05, 3.63) is 30.3 Å². The number of hydrogen-bond donors (Lipinski definition) is 2. The molecule has 7 nitrogen and oxygen atoms in total. The Balaban J connectivity index is 2.26. The molecule has 7 heteroatoms. The zero-order valence-corrected chi connectivity index (χ0v) is 11.7. The first-order valence-corrected chi connectivity index (χ1v) is 6.67. The maximum absolute atomic E-state index is 12.6. The van der Waals surface area contributed by atoms with Gasteiger partial charge in [-0.05, 0) is 19.1 Å². The Hall–Kier alpha value is -2.57. The minimum Gasteiger partial charge on any atom is -0.480 e. The molecule has 112 valence electrons. The number of aliphatic carboxylic acids is 1. The standard InChI is InChI=1S/C14H17N3O4/c1-2-16(10-6-4-3-5-7-10)14(21)17-9-12(18)15-8-11(17)13(19)20/h3-7,11H,2,8-9H2,1H3,(H,15,18)(H,19,20). The fourth-order valence-corrected chi connectivity index (χ4v) is 2.25. The molecule has 0 saturated carbocycles. The van der Waals surface area contributed by atoms with Crippen molar-refractivity contribution in [2.75, 3.05) is 24.5 Å². The van der Waals surface area contributed by atoms with E-state index in [9.17, 15) is 19.5 Å². The van der Waals surface area contributed by atoms with Gasteiger partial charge >= 0.3 is 12.0 Å². The van der Waals surface area contributed by atoms with E-state index in [0.717, 1.165) is 4.90 Å². The lowest BCUT2D eigenvalue weighted by molar-refractivity contribution is -0.144. The number of amides is 3. The molecule has 1 saturated heterocycles. The summed E-state index contributed by atoms with van der Waals surface area (Å²) in [5.41, 5.74) is 0.667. The molecule has 1 aromatic rings. The molecule has 1 aromatic carbocycles. The number of nitrogens with one attached hydrogen (secondary N) is 1. The molecular weight excluding hydrogens is 274 g/mol. The number of rotatable bonds is 3. The number of hydrogen-bond acceptors (Lipinski definition) is 3. The highest BCUT2D eigenvalue weighted by molar-refractivity contribution is 5.98. The van der Waals surface area contributed by atoms with E-state index in [0.29, 0.717) is 12.2 Å². The SMILES string of the molecule is CCN(C(=O)N1CC(=O)NCC1C(=O)O)c1ccccc1. The monoisotopic (exact) mass is 291 g/mol. The summed E-state index contributed by atoms with van der Waals surface area (Å²) in [7, 11) is 0. The second-order valence-electron chi connectivity index (χ2n) is 4.65. The van der Waals surface area contributed by atoms with Crippen molar-refractivity contribution >= 4 is 23.6 Å². The van der Waals surface area contributed by atoms with Gasteiger partial charge in [-0.15, -0.1) is 0 Å². The number of benzene rings is 1. The van der Waals surface area contributed by atoms with Crippen LogP contribution in [0, 0.1) is 0 Å². The molecule has 2 N–H and O–H groups in total. The van der Waals surface area contributed by atoms with Crippen molar-refractivity contribution in [3.8, 4) is 0 Å². The summed E-state index contributed by atoms with van der Waals surface area (Å²) in [4.78, 5) is 37.9. The minimum absolute atomic E-state index is 0.0771. The molecule has 1 aliphatic rings. The van der Waals surface area contributed by atoms with Crippen LogP contribution in [-0.2, 0) is 9.59 Å². The molecule has 0 aromatic heterocycles. The van der Waals surface area contributed by atoms with Crippen molar-refractivity contribution < 1.29 is 19.5 Å². The summed E-state index contributed by atoms with van der Waals surface area (Å²) in [6.07, 6.45) is 0. The number of carboxylic acids is 1. The van der Waals surface area contributed by atoms with E-state index in [1.54, 1.807) is 31.2 Å². The first kappa shape index (κ1) is 14.8. The smallest absolute Gasteiger partial charge is 0.328 e. The quantitative estimate of drug-likeness (QED) is 0.849. The van der Waals surface area contributed by atoms with Crippen molar-refractivity contribution in [3.63, 3.8) is 0 Å². The van der Waals surface area contributed by atoms with Gasteiger partial charge in [0.1, 0.15) is 12.6 Å². The first-order chi connectivity index (χ1) is 10.0. The first-order valence-electron chi connectivity index (χ1n) is 6.67. The molecule has 21 heavy (non-hydrogen) atoms. The summed E-state index contributed by atoms with van der Waals surface area (Å²) < 4.78 is 0. The third-order valence-electron chi connectivity index (χ3n) is 3.33. The van der Waals surface area contributed by atoms with E-state index >= 15 is 0 Å². The van der Waals surface area contributed by atoms with Crippen LogP contribution >= 0.6 is 0 Å². The van der Waals surface area contributed by atoms with Crippen LogP contribution in [0.25, 0.3) is 0 Å². The van der Waals surface area contributed by atoms with Crippen LogP contribution in [0.15, 0.2) is 30.3 Å². The summed E-state index contributed by atoms with van der Waals surface area (Å²) in [6.45, 7) is 1.85. The average molecular weight is 291 g/mol. The van der Waals surface area contributed by atoms with E-state index in [2.05, 4.69) is 5.32 Å². The highest BCUT2D eigenvalue weighted by atomic mass is 16.4. The van der Waals surface area contributed by atoms with Crippen molar-refractivity contribution in [1.82, 2.24) is 10.2 Å². The lowest BCUT2D eigenvalue weighted by Crippen LogP contribution is -2.62. The van der Waals surface area contributed by atoms with Crippen LogP contribution in [0.2, 0.25) is 0 Å². The maximum Gasteiger partial charge on any atom is 0.328 e. The molecule has 0 aliphatic carbocycles. The molecular formula is C14H17N3O4. The number of nitrogens with zero attached hydrogens (tertiary/aromatic N) is 2. The van der Waals surface area contributed by atoms with E-state index in [1.807, 2.05) is 6.07 Å². The molecule has 1 atom stereocenters. The van der Waals surface area contributed by atoms with Gasteiger partial charge in [0, 0.05) is 18.8 Å². The lowest BCUT2D eigenvalue weighted by Gasteiger charge is -2.36. The zero-order valence-electron chi connectivity index (χ0n) is 11.7. The van der Waals surface area contributed by atoms with E-state index < -0.39 is 18.0 Å². The topological polar surface area (TPSA) is 90.0 Å². The largest absolute Gasteiger partial charge is 0.480 e. The van der Waals surface area contributed by atoms with Crippen molar-refractivity contribution in [2.24, 2.45) is 0 Å². The third-order valence-corrected chi connectivity index (χ3v) is 3.33. The molecule has 2 rings (SSSR count). The fourth-order valence-electron chi connectivity index (χ4n) is 2.25. The summed E-state index contributed by atoms with van der Waals surface area (Å²) in [6, 6.07) is 7.42. The van der Waals surface area contributed by atoms with Gasteiger partial charge in [0.2, 0.25) is 5.91 Å². The normalized spacial score (nSPS) is 18.0. The fraction of sp³-hybridized carbons (Fsp3) is 0.357. The second-order valence-corrected chi connectivity index (χ2v) is 4.65. The molecule has 1 unspecified atom stereocenters. The number of carbonyl (C=O) groups is 3. The Labute approximate surface area is 122 Å². The van der Waals surface area contributed by atoms with Gasteiger partial charge < -0.3 is 10.4 Å². The maximum atomic E-state index is 12.6. The highest BCUT2D eigenvalue weighted by Crippen LogP contribution is 2.17. The van der Waals surface area contributed by atoms with Crippen LogP contribution in [0.5, 0.6) is 0 Å². The van der Waals surface area contributed by atoms with Crippen LogP contribution in [0.3, 0.4) is 0 Å².